The molecular formula is C14H27NO3S. The Labute approximate surface area is 117 Å². The van der Waals surface area contributed by atoms with Crippen molar-refractivity contribution >= 4 is 9.84 Å². The van der Waals surface area contributed by atoms with Crippen LogP contribution in [-0.2, 0) is 14.6 Å². The van der Waals surface area contributed by atoms with Gasteiger partial charge in [-0.1, -0.05) is 26.2 Å². The summed E-state index contributed by atoms with van der Waals surface area (Å²) in [4.78, 5) is 0. The number of sulfone groups is 1. The average Bonchev–Trinajstić information content (AvgIpc) is 2.39. The number of ether oxygens (including phenoxy) is 1. The van der Waals surface area contributed by atoms with Crippen molar-refractivity contribution in [3.8, 4) is 0 Å². The van der Waals surface area contributed by atoms with Gasteiger partial charge in [-0.3, -0.25) is 0 Å². The molecule has 1 aliphatic carbocycles. The van der Waals surface area contributed by atoms with Crippen LogP contribution in [0.4, 0.5) is 0 Å². The van der Waals surface area contributed by atoms with E-state index < -0.39 is 9.84 Å². The number of nitrogens with two attached hydrogens (primary N) is 1. The van der Waals surface area contributed by atoms with E-state index in [1.807, 2.05) is 6.92 Å². The van der Waals surface area contributed by atoms with Crippen molar-refractivity contribution in [2.45, 2.75) is 62.7 Å². The van der Waals surface area contributed by atoms with Gasteiger partial charge >= 0.3 is 0 Å². The Kier molecular flexibility index (Phi) is 4.90. The van der Waals surface area contributed by atoms with Crippen LogP contribution in [0.25, 0.3) is 0 Å². The molecule has 1 saturated heterocycles. The highest BCUT2D eigenvalue weighted by Gasteiger charge is 2.42. The first-order valence-electron chi connectivity index (χ1n) is 7.53. The SMILES string of the molecule is CC(CN)CS(=O)(=O)C1CCOC2(CCCCC2)C1. The van der Waals surface area contributed by atoms with Crippen LogP contribution in [0, 0.1) is 5.92 Å². The van der Waals surface area contributed by atoms with Gasteiger partial charge in [-0.15, -0.1) is 0 Å². The topological polar surface area (TPSA) is 69.4 Å². The smallest absolute Gasteiger partial charge is 0.153 e. The molecule has 0 aromatic carbocycles. The fourth-order valence-electron chi connectivity index (χ4n) is 3.43. The fourth-order valence-corrected chi connectivity index (χ4v) is 5.65. The highest BCUT2D eigenvalue weighted by molar-refractivity contribution is 7.92. The fraction of sp³-hybridized carbons (Fsp3) is 1.00. The minimum atomic E-state index is -3.03. The molecule has 112 valence electrons. The second-order valence-corrected chi connectivity index (χ2v) is 8.70. The maximum absolute atomic E-state index is 12.5. The highest BCUT2D eigenvalue weighted by atomic mass is 32.2. The summed E-state index contributed by atoms with van der Waals surface area (Å²) in [6, 6.07) is 0. The average molecular weight is 289 g/mol. The number of hydrogen-bond donors (Lipinski definition) is 1. The van der Waals surface area contributed by atoms with Gasteiger partial charge < -0.3 is 10.5 Å². The van der Waals surface area contributed by atoms with Gasteiger partial charge in [-0.2, -0.15) is 0 Å². The van der Waals surface area contributed by atoms with Crippen molar-refractivity contribution in [2.75, 3.05) is 18.9 Å². The summed E-state index contributed by atoms with van der Waals surface area (Å²) in [7, 11) is -3.03. The van der Waals surface area contributed by atoms with E-state index in [1.54, 1.807) is 0 Å². The summed E-state index contributed by atoms with van der Waals surface area (Å²) >= 11 is 0. The standard InChI is InChI=1S/C14H27NO3S/c1-12(10-15)11-19(16,17)13-5-8-18-14(9-13)6-3-2-4-7-14/h12-13H,2-11,15H2,1H3. The van der Waals surface area contributed by atoms with E-state index in [4.69, 9.17) is 10.5 Å². The van der Waals surface area contributed by atoms with Gasteiger partial charge in [-0.25, -0.2) is 8.42 Å². The Morgan fingerprint density at radius 2 is 2.00 bits per heavy atom. The van der Waals surface area contributed by atoms with Crippen LogP contribution in [0.2, 0.25) is 0 Å². The lowest BCUT2D eigenvalue weighted by Gasteiger charge is -2.43. The van der Waals surface area contributed by atoms with Crippen molar-refractivity contribution in [1.29, 1.82) is 0 Å². The second kappa shape index (κ2) is 6.10. The minimum Gasteiger partial charge on any atom is -0.375 e. The van der Waals surface area contributed by atoms with Crippen LogP contribution in [0.15, 0.2) is 0 Å². The molecule has 19 heavy (non-hydrogen) atoms. The van der Waals surface area contributed by atoms with Crippen molar-refractivity contribution in [2.24, 2.45) is 11.7 Å². The van der Waals surface area contributed by atoms with Crippen molar-refractivity contribution < 1.29 is 13.2 Å². The molecule has 0 aromatic heterocycles. The molecule has 1 aliphatic heterocycles. The molecule has 0 amide bonds. The highest BCUT2D eigenvalue weighted by Crippen LogP contribution is 2.40. The molecule has 5 heteroatoms. The third-order valence-electron chi connectivity index (χ3n) is 4.64. The van der Waals surface area contributed by atoms with E-state index in [0.29, 0.717) is 26.0 Å². The van der Waals surface area contributed by atoms with Crippen molar-refractivity contribution in [1.82, 2.24) is 0 Å². The van der Waals surface area contributed by atoms with E-state index in [2.05, 4.69) is 0 Å². The van der Waals surface area contributed by atoms with Crippen LogP contribution in [0.5, 0.6) is 0 Å². The Morgan fingerprint density at radius 3 is 2.63 bits per heavy atom. The van der Waals surface area contributed by atoms with Crippen LogP contribution in [-0.4, -0.2) is 38.2 Å². The predicted octanol–water partition coefficient (Wildman–Crippen LogP) is 1.88. The van der Waals surface area contributed by atoms with Gasteiger partial charge in [0.05, 0.1) is 16.6 Å². The third kappa shape index (κ3) is 3.70. The van der Waals surface area contributed by atoms with E-state index in [9.17, 15) is 8.42 Å². The largest absolute Gasteiger partial charge is 0.375 e. The molecule has 2 fully saturated rings. The van der Waals surface area contributed by atoms with Crippen molar-refractivity contribution in [3.05, 3.63) is 0 Å². The lowest BCUT2D eigenvalue weighted by molar-refractivity contribution is -0.0979. The molecule has 0 radical (unpaired) electrons. The molecule has 2 unspecified atom stereocenters. The molecule has 1 saturated carbocycles. The zero-order chi connectivity index (χ0) is 13.9. The summed E-state index contributed by atoms with van der Waals surface area (Å²) in [5.41, 5.74) is 5.42. The summed E-state index contributed by atoms with van der Waals surface area (Å²) in [6.07, 6.45) is 7.02. The number of hydrogen-bond acceptors (Lipinski definition) is 4. The summed E-state index contributed by atoms with van der Waals surface area (Å²) in [6.45, 7) is 2.95. The first kappa shape index (κ1) is 15.3. The van der Waals surface area contributed by atoms with Crippen LogP contribution in [0.1, 0.15) is 51.9 Å². The Hall–Kier alpha value is -0.130. The minimum absolute atomic E-state index is 0.0511. The monoisotopic (exact) mass is 289 g/mol. The maximum Gasteiger partial charge on any atom is 0.153 e. The van der Waals surface area contributed by atoms with Gasteiger partial charge in [0, 0.05) is 6.61 Å². The van der Waals surface area contributed by atoms with E-state index in [-0.39, 0.29) is 22.5 Å². The Bertz CT molecular complexity index is 382. The van der Waals surface area contributed by atoms with Gasteiger partial charge in [0.25, 0.3) is 0 Å². The van der Waals surface area contributed by atoms with E-state index in [1.165, 1.54) is 19.3 Å². The molecule has 4 nitrogen and oxygen atoms in total. The second-order valence-electron chi connectivity index (χ2n) is 6.38. The lowest BCUT2D eigenvalue weighted by atomic mass is 9.80. The molecule has 2 atom stereocenters. The van der Waals surface area contributed by atoms with Crippen LogP contribution < -0.4 is 5.73 Å². The molecule has 0 bridgehead atoms. The first-order chi connectivity index (χ1) is 8.97. The molecule has 2 aliphatic rings. The first-order valence-corrected chi connectivity index (χ1v) is 9.25. The maximum atomic E-state index is 12.5. The quantitative estimate of drug-likeness (QED) is 0.858. The molecule has 0 aromatic rings. The summed E-state index contributed by atoms with van der Waals surface area (Å²) < 4.78 is 30.9. The molecule has 1 heterocycles. The van der Waals surface area contributed by atoms with Crippen LogP contribution in [0.3, 0.4) is 0 Å². The van der Waals surface area contributed by atoms with Gasteiger partial charge in [0.2, 0.25) is 0 Å². The van der Waals surface area contributed by atoms with Gasteiger partial charge in [0.1, 0.15) is 0 Å². The van der Waals surface area contributed by atoms with Gasteiger partial charge in [0.15, 0.2) is 9.84 Å². The molecule has 2 N–H and O–H groups in total. The van der Waals surface area contributed by atoms with Crippen LogP contribution >= 0.6 is 0 Å². The normalized spacial score (nSPS) is 29.3. The predicted molar refractivity (Wildman–Crippen MR) is 76.8 cm³/mol. The zero-order valence-electron chi connectivity index (χ0n) is 11.9. The zero-order valence-corrected chi connectivity index (χ0v) is 12.8. The molecule has 2 rings (SSSR count). The van der Waals surface area contributed by atoms with Crippen molar-refractivity contribution in [3.63, 3.8) is 0 Å². The Balaban J connectivity index is 2.04. The van der Waals surface area contributed by atoms with Gasteiger partial charge in [-0.05, 0) is 38.1 Å². The lowest BCUT2D eigenvalue weighted by Crippen LogP contribution is -2.46. The van der Waals surface area contributed by atoms with E-state index >= 15 is 0 Å². The Morgan fingerprint density at radius 1 is 1.32 bits per heavy atom. The number of rotatable bonds is 4. The molecular weight excluding hydrogens is 262 g/mol. The molecule has 1 spiro atoms. The van der Waals surface area contributed by atoms with E-state index in [0.717, 1.165) is 12.8 Å². The summed E-state index contributed by atoms with van der Waals surface area (Å²) in [5.74, 6) is 0.278. The summed E-state index contributed by atoms with van der Waals surface area (Å²) in [5, 5.41) is -0.214. The third-order valence-corrected chi connectivity index (χ3v) is 7.09.